The topological polar surface area (TPSA) is 17.1 Å². The Morgan fingerprint density at radius 1 is 0.938 bits per heavy atom. The van der Waals surface area contributed by atoms with Gasteiger partial charge < -0.3 is 4.79 Å². The Bertz CT molecular complexity index is 259. The SMILES string of the molecule is C=CCC/C=C(\C)CC/C=C(\C)CCC=O. The van der Waals surface area contributed by atoms with Crippen LogP contribution in [0.4, 0.5) is 0 Å². The van der Waals surface area contributed by atoms with E-state index in [-0.39, 0.29) is 0 Å². The summed E-state index contributed by atoms with van der Waals surface area (Å²) in [6, 6.07) is 0. The summed E-state index contributed by atoms with van der Waals surface area (Å²) in [6.07, 6.45) is 13.4. The first kappa shape index (κ1) is 14.9. The molecule has 0 rings (SSSR count). The molecular weight excluding hydrogens is 196 g/mol. The van der Waals surface area contributed by atoms with Gasteiger partial charge >= 0.3 is 0 Å². The van der Waals surface area contributed by atoms with Crippen LogP contribution >= 0.6 is 0 Å². The van der Waals surface area contributed by atoms with E-state index in [4.69, 9.17) is 0 Å². The van der Waals surface area contributed by atoms with Crippen LogP contribution in [0.15, 0.2) is 36.0 Å². The Morgan fingerprint density at radius 3 is 2.06 bits per heavy atom. The standard InChI is InChI=1S/C15H24O/c1-4-5-6-9-14(2)10-7-11-15(3)12-8-13-16/h4,9,11,13H,1,5-8,10,12H2,2-3H3/b14-9+,15-11+. The summed E-state index contributed by atoms with van der Waals surface area (Å²) in [4.78, 5) is 10.2. The van der Waals surface area contributed by atoms with Crippen LogP contribution in [0.1, 0.15) is 52.4 Å². The molecule has 0 spiro atoms. The van der Waals surface area contributed by atoms with E-state index in [9.17, 15) is 4.79 Å². The predicted octanol–water partition coefficient (Wildman–Crippen LogP) is 4.60. The molecule has 0 heterocycles. The molecule has 0 saturated carbocycles. The number of carbonyl (C=O) groups excluding carboxylic acids is 1. The van der Waals surface area contributed by atoms with Crippen LogP contribution in [0.25, 0.3) is 0 Å². The molecule has 0 unspecified atom stereocenters. The van der Waals surface area contributed by atoms with Crippen molar-refractivity contribution in [1.82, 2.24) is 0 Å². The Kier molecular flexibility index (Phi) is 9.69. The second kappa shape index (κ2) is 10.4. The van der Waals surface area contributed by atoms with Gasteiger partial charge in [-0.25, -0.2) is 0 Å². The normalized spacial score (nSPS) is 12.6. The Labute approximate surface area is 99.9 Å². The molecule has 0 aromatic rings. The van der Waals surface area contributed by atoms with Gasteiger partial charge in [-0.1, -0.05) is 29.4 Å². The maximum atomic E-state index is 10.2. The second-order valence-electron chi connectivity index (χ2n) is 4.21. The van der Waals surface area contributed by atoms with E-state index in [0.717, 1.165) is 38.4 Å². The van der Waals surface area contributed by atoms with Gasteiger partial charge in [-0.2, -0.15) is 0 Å². The van der Waals surface area contributed by atoms with Gasteiger partial charge in [-0.3, -0.25) is 0 Å². The van der Waals surface area contributed by atoms with Crippen LogP contribution < -0.4 is 0 Å². The van der Waals surface area contributed by atoms with Gasteiger partial charge in [0.15, 0.2) is 0 Å². The van der Waals surface area contributed by atoms with E-state index in [1.165, 1.54) is 11.1 Å². The van der Waals surface area contributed by atoms with E-state index in [1.807, 2.05) is 6.08 Å². The van der Waals surface area contributed by atoms with Gasteiger partial charge in [-0.05, 0) is 46.0 Å². The summed E-state index contributed by atoms with van der Waals surface area (Å²) in [6.45, 7) is 7.98. The van der Waals surface area contributed by atoms with Crippen molar-refractivity contribution in [3.05, 3.63) is 36.0 Å². The minimum absolute atomic E-state index is 0.649. The first-order valence-corrected chi connectivity index (χ1v) is 6.06. The number of aldehydes is 1. The zero-order valence-electron chi connectivity index (χ0n) is 10.7. The number of allylic oxidation sites excluding steroid dienone is 5. The first-order valence-electron chi connectivity index (χ1n) is 6.06. The molecule has 0 aromatic carbocycles. The number of unbranched alkanes of at least 4 members (excludes halogenated alkanes) is 1. The molecule has 0 aliphatic rings. The lowest BCUT2D eigenvalue weighted by Crippen LogP contribution is -1.81. The molecule has 90 valence electrons. The number of rotatable bonds is 9. The molecule has 0 aromatic heterocycles. The van der Waals surface area contributed by atoms with E-state index in [1.54, 1.807) is 0 Å². The molecule has 0 saturated heterocycles. The molecular formula is C15H24O. The lowest BCUT2D eigenvalue weighted by atomic mass is 10.1. The monoisotopic (exact) mass is 220 g/mol. The fourth-order valence-electron chi connectivity index (χ4n) is 1.48. The summed E-state index contributed by atoms with van der Waals surface area (Å²) >= 11 is 0. The third-order valence-electron chi connectivity index (χ3n) is 2.55. The van der Waals surface area contributed by atoms with Crippen molar-refractivity contribution in [2.24, 2.45) is 0 Å². The van der Waals surface area contributed by atoms with Crippen molar-refractivity contribution in [1.29, 1.82) is 0 Å². The highest BCUT2D eigenvalue weighted by Crippen LogP contribution is 2.10. The molecule has 1 nitrogen and oxygen atoms in total. The van der Waals surface area contributed by atoms with Crippen molar-refractivity contribution < 1.29 is 4.79 Å². The second-order valence-corrected chi connectivity index (χ2v) is 4.21. The highest BCUT2D eigenvalue weighted by Gasteiger charge is 1.91. The van der Waals surface area contributed by atoms with Gasteiger partial charge in [-0.15, -0.1) is 6.58 Å². The summed E-state index contributed by atoms with van der Waals surface area (Å²) < 4.78 is 0. The van der Waals surface area contributed by atoms with Crippen LogP contribution in [0.3, 0.4) is 0 Å². The summed E-state index contributed by atoms with van der Waals surface area (Å²) in [5.74, 6) is 0. The van der Waals surface area contributed by atoms with Gasteiger partial charge in [0.05, 0.1) is 0 Å². The lowest BCUT2D eigenvalue weighted by molar-refractivity contribution is -0.107. The highest BCUT2D eigenvalue weighted by atomic mass is 16.1. The average Bonchev–Trinajstić information content (AvgIpc) is 2.26. The summed E-state index contributed by atoms with van der Waals surface area (Å²) in [5, 5.41) is 0. The zero-order chi connectivity index (χ0) is 12.2. The van der Waals surface area contributed by atoms with Crippen LogP contribution in [0, 0.1) is 0 Å². The van der Waals surface area contributed by atoms with E-state index in [2.05, 4.69) is 32.6 Å². The van der Waals surface area contributed by atoms with Crippen LogP contribution in [-0.2, 0) is 4.79 Å². The van der Waals surface area contributed by atoms with Crippen molar-refractivity contribution >= 4 is 6.29 Å². The van der Waals surface area contributed by atoms with Gasteiger partial charge in [0, 0.05) is 6.42 Å². The lowest BCUT2D eigenvalue weighted by Gasteiger charge is -2.00. The fourth-order valence-corrected chi connectivity index (χ4v) is 1.48. The quantitative estimate of drug-likeness (QED) is 0.315. The van der Waals surface area contributed by atoms with E-state index in [0.29, 0.717) is 6.42 Å². The molecule has 0 atom stereocenters. The zero-order valence-corrected chi connectivity index (χ0v) is 10.7. The van der Waals surface area contributed by atoms with Gasteiger partial charge in [0.1, 0.15) is 6.29 Å². The Morgan fingerprint density at radius 2 is 1.50 bits per heavy atom. The minimum Gasteiger partial charge on any atom is -0.303 e. The van der Waals surface area contributed by atoms with Crippen LogP contribution in [-0.4, -0.2) is 6.29 Å². The maximum Gasteiger partial charge on any atom is 0.120 e. The molecule has 16 heavy (non-hydrogen) atoms. The third-order valence-corrected chi connectivity index (χ3v) is 2.55. The van der Waals surface area contributed by atoms with E-state index < -0.39 is 0 Å². The largest absolute Gasteiger partial charge is 0.303 e. The number of hydrogen-bond acceptors (Lipinski definition) is 1. The summed E-state index contributed by atoms with van der Waals surface area (Å²) in [7, 11) is 0. The minimum atomic E-state index is 0.649. The molecule has 0 aliphatic carbocycles. The first-order chi connectivity index (χ1) is 7.70. The predicted molar refractivity (Wildman–Crippen MR) is 71.5 cm³/mol. The maximum absolute atomic E-state index is 10.2. The third kappa shape index (κ3) is 9.45. The molecule has 0 amide bonds. The molecule has 0 radical (unpaired) electrons. The molecule has 0 N–H and O–H groups in total. The van der Waals surface area contributed by atoms with Crippen molar-refractivity contribution in [3.63, 3.8) is 0 Å². The molecule has 0 aliphatic heterocycles. The van der Waals surface area contributed by atoms with Crippen molar-refractivity contribution in [2.45, 2.75) is 52.4 Å². The fraction of sp³-hybridized carbons (Fsp3) is 0.533. The molecule has 0 fully saturated rings. The van der Waals surface area contributed by atoms with Crippen molar-refractivity contribution in [3.8, 4) is 0 Å². The highest BCUT2D eigenvalue weighted by molar-refractivity contribution is 5.49. The molecule has 1 heteroatoms. The number of carbonyl (C=O) groups is 1. The average molecular weight is 220 g/mol. The Balaban J connectivity index is 3.73. The van der Waals surface area contributed by atoms with Gasteiger partial charge in [0.25, 0.3) is 0 Å². The number of hydrogen-bond donors (Lipinski definition) is 0. The summed E-state index contributed by atoms with van der Waals surface area (Å²) in [5.41, 5.74) is 2.77. The van der Waals surface area contributed by atoms with E-state index >= 15 is 0 Å². The van der Waals surface area contributed by atoms with Crippen molar-refractivity contribution in [2.75, 3.05) is 0 Å². The van der Waals surface area contributed by atoms with Crippen LogP contribution in [0.2, 0.25) is 0 Å². The smallest absolute Gasteiger partial charge is 0.120 e. The Hall–Kier alpha value is -1.11. The van der Waals surface area contributed by atoms with Gasteiger partial charge in [0.2, 0.25) is 0 Å². The van der Waals surface area contributed by atoms with Crippen LogP contribution in [0.5, 0.6) is 0 Å². The molecule has 0 bridgehead atoms.